The molecule has 0 bridgehead atoms. The van der Waals surface area contributed by atoms with Gasteiger partial charge in [0.15, 0.2) is 24.7 Å². The maximum Gasteiger partial charge on any atom is 0.312 e. The molecule has 2 fully saturated rings. The summed E-state index contributed by atoms with van der Waals surface area (Å²) in [6.45, 7) is 9.91. The van der Waals surface area contributed by atoms with Crippen LogP contribution in [0.15, 0.2) is 85.2 Å². The summed E-state index contributed by atoms with van der Waals surface area (Å²) in [7, 11) is 0. The van der Waals surface area contributed by atoms with Gasteiger partial charge in [0.05, 0.1) is 52.2 Å². The standard InChI is InChI=1S/C57H78N8O11/c1-41(2)53(62-51(68)24-31-74-33-35-76-36-34-75-32-30-65-52(69)37-42(3)55(65)71)49(66)38-47(15-9-26-60-57(58)73)54(70)61-48-19-16-45(17-20-48)40-63-27-10-12-44(39-63)18-21-50(67)59-25-8-7-11-43-22-28-64(29-23-43)56(72)46-13-5-4-6-14-46/h4-6,10,12-14,16-21,27,39,41-43,47,53H,7-9,11,15,22-26,28-38,40H2,1-3H3,(H5-,58,59,60,61,62,67,68,70,73)/p+1/b21-18+/t42?,47-,53+/m1/s1. The molecular weight excluding hydrogens is 973 g/mol. The molecule has 6 N–H and O–H groups in total. The molecule has 0 radical (unpaired) electrons. The monoisotopic (exact) mass is 1050 g/mol. The Bertz CT molecular complexity index is 2390. The first-order valence-electron chi connectivity index (χ1n) is 26.8. The van der Waals surface area contributed by atoms with Crippen molar-refractivity contribution in [1.29, 1.82) is 0 Å². The van der Waals surface area contributed by atoms with Crippen molar-refractivity contribution in [2.75, 3.05) is 77.7 Å². The lowest BCUT2D eigenvalue weighted by molar-refractivity contribution is -0.688. The first-order chi connectivity index (χ1) is 36.7. The summed E-state index contributed by atoms with van der Waals surface area (Å²) in [6.07, 6.45) is 13.0. The van der Waals surface area contributed by atoms with E-state index in [9.17, 15) is 38.4 Å². The molecule has 412 valence electrons. The van der Waals surface area contributed by atoms with Crippen LogP contribution in [0.1, 0.15) is 106 Å². The zero-order chi connectivity index (χ0) is 54.7. The van der Waals surface area contributed by atoms with Crippen LogP contribution in [0.25, 0.3) is 6.08 Å². The maximum absolute atomic E-state index is 13.7. The third-order valence-electron chi connectivity index (χ3n) is 13.5. The molecule has 0 saturated carbocycles. The van der Waals surface area contributed by atoms with Crippen molar-refractivity contribution < 1.29 is 57.1 Å². The molecule has 3 aromatic rings. The smallest absolute Gasteiger partial charge is 0.312 e. The highest BCUT2D eigenvalue weighted by Gasteiger charge is 2.35. The van der Waals surface area contributed by atoms with Gasteiger partial charge in [0.2, 0.25) is 29.5 Å². The SMILES string of the molecule is CC1CC(=O)N(CCOCCOCCOCCC(=O)N[C@H](C(=O)C[C@@H](CCCNC(N)=O)C(=O)Nc2ccc(C[n+]3cccc(/C=C/C(=O)NCCCCC4CCN(C(=O)c5ccccc5)CC4)c3)cc2)C(C)C)C1=O. The Hall–Kier alpha value is -6.83. The number of carbonyl (C=O) groups is 8. The van der Waals surface area contributed by atoms with Crippen molar-refractivity contribution in [3.63, 3.8) is 0 Å². The highest BCUT2D eigenvalue weighted by atomic mass is 16.5. The Morgan fingerprint density at radius 2 is 1.50 bits per heavy atom. The maximum atomic E-state index is 13.7. The number of piperidine rings is 1. The third kappa shape index (κ3) is 21.4. The Balaban J connectivity index is 0.986. The van der Waals surface area contributed by atoms with E-state index in [4.69, 9.17) is 19.9 Å². The van der Waals surface area contributed by atoms with Gasteiger partial charge in [0.1, 0.15) is 0 Å². The summed E-state index contributed by atoms with van der Waals surface area (Å²) < 4.78 is 18.5. The van der Waals surface area contributed by atoms with Crippen LogP contribution in [0.4, 0.5) is 10.5 Å². The van der Waals surface area contributed by atoms with Gasteiger partial charge in [-0.15, -0.1) is 0 Å². The van der Waals surface area contributed by atoms with Gasteiger partial charge in [-0.1, -0.05) is 63.9 Å². The molecule has 19 nitrogen and oxygen atoms in total. The first kappa shape index (κ1) is 60.0. The van der Waals surface area contributed by atoms with Gasteiger partial charge in [-0.05, 0) is 80.3 Å². The lowest BCUT2D eigenvalue weighted by Crippen LogP contribution is -2.45. The molecule has 3 atom stereocenters. The highest BCUT2D eigenvalue weighted by Crippen LogP contribution is 2.24. The first-order valence-corrected chi connectivity index (χ1v) is 26.8. The fourth-order valence-electron chi connectivity index (χ4n) is 9.14. The number of likely N-dealkylation sites (tertiary alicyclic amines) is 2. The molecule has 8 amide bonds. The number of amides is 8. The predicted molar refractivity (Wildman–Crippen MR) is 286 cm³/mol. The number of nitrogens with one attached hydrogen (secondary N) is 4. The Morgan fingerprint density at radius 3 is 2.17 bits per heavy atom. The van der Waals surface area contributed by atoms with Crippen molar-refractivity contribution >= 4 is 59.0 Å². The van der Waals surface area contributed by atoms with E-state index in [2.05, 4.69) is 21.3 Å². The number of urea groups is 1. The molecule has 19 heteroatoms. The minimum atomic E-state index is -0.843. The number of primary amides is 1. The number of ketones is 1. The number of hydrogen-bond acceptors (Lipinski definition) is 11. The molecule has 3 heterocycles. The van der Waals surface area contributed by atoms with Crippen LogP contribution in [0.3, 0.4) is 0 Å². The predicted octanol–water partition coefficient (Wildman–Crippen LogP) is 4.81. The summed E-state index contributed by atoms with van der Waals surface area (Å²) in [6, 6.07) is 19.1. The number of rotatable bonds is 33. The Labute approximate surface area is 447 Å². The normalized spacial score (nSPS) is 15.7. The van der Waals surface area contributed by atoms with Crippen molar-refractivity contribution in [3.05, 3.63) is 102 Å². The molecule has 2 aromatic carbocycles. The van der Waals surface area contributed by atoms with E-state index in [1.54, 1.807) is 31.2 Å². The number of nitrogens with zero attached hydrogens (tertiary/aromatic N) is 3. The van der Waals surface area contributed by atoms with Gasteiger partial charge in [-0.2, -0.15) is 0 Å². The number of carbonyl (C=O) groups excluding carboxylic acids is 8. The van der Waals surface area contributed by atoms with Gasteiger partial charge in [-0.25, -0.2) is 9.36 Å². The number of ether oxygens (including phenoxy) is 3. The molecular formula is C57H79N8O11+. The molecule has 5 rings (SSSR count). The molecule has 0 spiro atoms. The second-order valence-electron chi connectivity index (χ2n) is 19.9. The fraction of sp³-hybridized carbons (Fsp3) is 0.526. The number of Topliss-reactive ketones (excluding diaryl/α,β-unsaturated/α-hetero) is 1. The molecule has 76 heavy (non-hydrogen) atoms. The van der Waals surface area contributed by atoms with E-state index < -0.39 is 18.0 Å². The molecule has 1 unspecified atom stereocenters. The fourth-order valence-corrected chi connectivity index (χ4v) is 9.14. The summed E-state index contributed by atoms with van der Waals surface area (Å²) in [5, 5.41) is 11.3. The van der Waals surface area contributed by atoms with E-state index in [-0.39, 0.29) is 125 Å². The average molecular weight is 1050 g/mol. The highest BCUT2D eigenvalue weighted by molar-refractivity contribution is 6.03. The van der Waals surface area contributed by atoms with E-state index in [0.717, 1.165) is 61.9 Å². The largest absolute Gasteiger partial charge is 0.379 e. The summed E-state index contributed by atoms with van der Waals surface area (Å²) in [5.41, 5.74) is 8.35. The van der Waals surface area contributed by atoms with E-state index in [1.807, 2.05) is 90.3 Å². The van der Waals surface area contributed by atoms with Gasteiger partial charge < -0.3 is 46.1 Å². The molecule has 2 aliphatic heterocycles. The van der Waals surface area contributed by atoms with Gasteiger partial charge in [0, 0.05) is 91.8 Å². The quantitative estimate of drug-likeness (QED) is 0.0240. The van der Waals surface area contributed by atoms with Gasteiger partial charge in [0.25, 0.3) is 5.91 Å². The molecule has 1 aromatic heterocycles. The number of pyridine rings is 1. The number of imide groups is 1. The van der Waals surface area contributed by atoms with Gasteiger partial charge in [-0.3, -0.25) is 38.5 Å². The second-order valence-corrected chi connectivity index (χ2v) is 19.9. The van der Waals surface area contributed by atoms with Crippen LogP contribution in [0.5, 0.6) is 0 Å². The lowest BCUT2D eigenvalue weighted by atomic mass is 9.89. The summed E-state index contributed by atoms with van der Waals surface area (Å²) in [4.78, 5) is 104. The van der Waals surface area contributed by atoms with Crippen LogP contribution in [0, 0.1) is 23.7 Å². The number of unbranched alkanes of at least 4 members (excludes halogenated alkanes) is 1. The van der Waals surface area contributed by atoms with E-state index in [0.29, 0.717) is 37.7 Å². The van der Waals surface area contributed by atoms with Crippen LogP contribution in [-0.4, -0.2) is 135 Å². The number of hydrogen-bond donors (Lipinski definition) is 5. The number of aromatic nitrogens is 1. The second kappa shape index (κ2) is 32.6. The Morgan fingerprint density at radius 1 is 0.816 bits per heavy atom. The number of anilines is 1. The van der Waals surface area contributed by atoms with Crippen LogP contribution >= 0.6 is 0 Å². The van der Waals surface area contributed by atoms with Crippen LogP contribution in [0.2, 0.25) is 0 Å². The minimum Gasteiger partial charge on any atom is -0.379 e. The van der Waals surface area contributed by atoms with E-state index in [1.165, 1.54) is 4.90 Å². The van der Waals surface area contributed by atoms with Gasteiger partial charge >= 0.3 is 6.03 Å². The number of benzene rings is 2. The average Bonchev–Trinajstić information content (AvgIpc) is 3.65. The van der Waals surface area contributed by atoms with Crippen molar-refractivity contribution in [2.45, 2.75) is 97.6 Å². The topological polar surface area (TPSA) is 249 Å². The third-order valence-corrected chi connectivity index (χ3v) is 13.5. The van der Waals surface area contributed by atoms with E-state index >= 15 is 0 Å². The van der Waals surface area contributed by atoms with Crippen LogP contribution in [-0.2, 0) is 49.5 Å². The molecule has 2 saturated heterocycles. The molecule has 2 aliphatic rings. The van der Waals surface area contributed by atoms with Crippen molar-refractivity contribution in [2.24, 2.45) is 29.4 Å². The summed E-state index contributed by atoms with van der Waals surface area (Å²) >= 11 is 0. The lowest BCUT2D eigenvalue weighted by Gasteiger charge is -2.32. The Kier molecular flexibility index (Phi) is 25.7. The number of nitrogens with two attached hydrogens (primary N) is 1. The van der Waals surface area contributed by atoms with Crippen molar-refractivity contribution in [1.82, 2.24) is 25.8 Å². The minimum absolute atomic E-state index is 0.00967. The molecule has 0 aliphatic carbocycles. The van der Waals surface area contributed by atoms with Crippen LogP contribution < -0.4 is 31.6 Å². The zero-order valence-electron chi connectivity index (χ0n) is 44.5. The summed E-state index contributed by atoms with van der Waals surface area (Å²) in [5.74, 6) is -2.16. The zero-order valence-corrected chi connectivity index (χ0v) is 44.5. The van der Waals surface area contributed by atoms with Crippen molar-refractivity contribution in [3.8, 4) is 0 Å².